The van der Waals surface area contributed by atoms with E-state index in [0.29, 0.717) is 12.1 Å². The minimum Gasteiger partial charge on any atom is -0.380 e. The van der Waals surface area contributed by atoms with Crippen LogP contribution in [0.4, 0.5) is 0 Å². The summed E-state index contributed by atoms with van der Waals surface area (Å²) in [7, 11) is 0. The average Bonchev–Trinajstić information content (AvgIpc) is 2.78. The van der Waals surface area contributed by atoms with E-state index in [1.807, 2.05) is 0 Å². The van der Waals surface area contributed by atoms with Crippen LogP contribution < -0.4 is 5.32 Å². The van der Waals surface area contributed by atoms with Crippen molar-refractivity contribution in [3.63, 3.8) is 0 Å². The molecule has 0 saturated carbocycles. The number of nitrogens with zero attached hydrogens (tertiary/aromatic N) is 1. The second-order valence-electron chi connectivity index (χ2n) is 5.56. The molecule has 3 unspecified atom stereocenters. The summed E-state index contributed by atoms with van der Waals surface area (Å²) in [5.41, 5.74) is 0. The summed E-state index contributed by atoms with van der Waals surface area (Å²) in [6, 6.07) is 1.27. The Kier molecular flexibility index (Phi) is 4.62. The van der Waals surface area contributed by atoms with Crippen LogP contribution in [0.15, 0.2) is 0 Å². The predicted octanol–water partition coefficient (Wildman–Crippen LogP) is 1.49. The smallest absolute Gasteiger partial charge is 0.0620 e. The zero-order chi connectivity index (χ0) is 11.4. The normalized spacial score (nSPS) is 34.1. The lowest BCUT2D eigenvalue weighted by molar-refractivity contribution is 0.133. The first-order valence-electron chi connectivity index (χ1n) is 6.81. The number of hydrogen-bond donors (Lipinski definition) is 1. The van der Waals surface area contributed by atoms with Gasteiger partial charge in [-0.2, -0.15) is 0 Å². The van der Waals surface area contributed by atoms with Crippen molar-refractivity contribution in [2.75, 3.05) is 32.8 Å². The molecule has 3 heteroatoms. The number of likely N-dealkylation sites (tertiary alicyclic amines) is 1. The van der Waals surface area contributed by atoms with Crippen LogP contribution in [0, 0.1) is 5.92 Å². The van der Waals surface area contributed by atoms with Gasteiger partial charge in [0, 0.05) is 31.8 Å². The Morgan fingerprint density at radius 3 is 3.00 bits per heavy atom. The van der Waals surface area contributed by atoms with Crippen LogP contribution in [0.2, 0.25) is 0 Å². The third-order valence-electron chi connectivity index (χ3n) is 3.94. The van der Waals surface area contributed by atoms with Gasteiger partial charge < -0.3 is 10.1 Å². The number of ether oxygens (including phenoxy) is 1. The number of hydrogen-bond acceptors (Lipinski definition) is 3. The van der Waals surface area contributed by atoms with Gasteiger partial charge in [0.1, 0.15) is 0 Å². The van der Waals surface area contributed by atoms with E-state index in [4.69, 9.17) is 4.74 Å². The van der Waals surface area contributed by atoms with Gasteiger partial charge in [0.25, 0.3) is 0 Å². The summed E-state index contributed by atoms with van der Waals surface area (Å²) in [6.45, 7) is 10.2. The van der Waals surface area contributed by atoms with E-state index in [2.05, 4.69) is 24.1 Å². The molecule has 0 aromatic heterocycles. The first kappa shape index (κ1) is 12.3. The van der Waals surface area contributed by atoms with Gasteiger partial charge in [-0.05, 0) is 38.6 Å². The fourth-order valence-electron chi connectivity index (χ4n) is 2.79. The molecule has 1 N–H and O–H groups in total. The van der Waals surface area contributed by atoms with Crippen molar-refractivity contribution < 1.29 is 4.74 Å². The maximum Gasteiger partial charge on any atom is 0.0620 e. The number of nitrogens with one attached hydrogen (secondary N) is 1. The highest BCUT2D eigenvalue weighted by molar-refractivity contribution is 4.79. The van der Waals surface area contributed by atoms with Crippen molar-refractivity contribution in [1.29, 1.82) is 0 Å². The predicted molar refractivity (Wildman–Crippen MR) is 66.7 cm³/mol. The van der Waals surface area contributed by atoms with E-state index in [-0.39, 0.29) is 0 Å². The minimum absolute atomic E-state index is 0.602. The van der Waals surface area contributed by atoms with Crippen molar-refractivity contribution in [2.45, 2.75) is 45.2 Å². The van der Waals surface area contributed by atoms with Crippen LogP contribution in [-0.2, 0) is 4.74 Å². The molecule has 3 nitrogen and oxygen atoms in total. The molecule has 16 heavy (non-hydrogen) atoms. The van der Waals surface area contributed by atoms with Gasteiger partial charge in [0.05, 0.1) is 6.61 Å². The lowest BCUT2D eigenvalue weighted by atomic mass is 9.99. The van der Waals surface area contributed by atoms with Gasteiger partial charge in [0.2, 0.25) is 0 Å². The molecular weight excluding hydrogens is 200 g/mol. The van der Waals surface area contributed by atoms with Gasteiger partial charge >= 0.3 is 0 Å². The van der Waals surface area contributed by atoms with Gasteiger partial charge in [-0.3, -0.25) is 4.90 Å². The molecule has 3 atom stereocenters. The van der Waals surface area contributed by atoms with Gasteiger partial charge in [-0.25, -0.2) is 0 Å². The highest BCUT2D eigenvalue weighted by Gasteiger charge is 2.22. The van der Waals surface area contributed by atoms with Crippen LogP contribution in [0.3, 0.4) is 0 Å². The molecule has 2 rings (SSSR count). The third-order valence-corrected chi connectivity index (χ3v) is 3.94. The Hall–Kier alpha value is -0.120. The summed E-state index contributed by atoms with van der Waals surface area (Å²) in [4.78, 5) is 2.64. The van der Waals surface area contributed by atoms with E-state index in [1.54, 1.807) is 0 Å². The largest absolute Gasteiger partial charge is 0.380 e. The quantitative estimate of drug-likeness (QED) is 0.786. The first-order chi connectivity index (χ1) is 7.75. The molecule has 2 saturated heterocycles. The van der Waals surface area contributed by atoms with E-state index < -0.39 is 0 Å². The molecule has 0 spiro atoms. The monoisotopic (exact) mass is 226 g/mol. The highest BCUT2D eigenvalue weighted by atomic mass is 16.5. The van der Waals surface area contributed by atoms with Gasteiger partial charge in [0.15, 0.2) is 0 Å². The summed E-state index contributed by atoms with van der Waals surface area (Å²) < 4.78 is 5.38. The SMILES string of the molecule is CC1CCCN(C(C)CNC2CCOC2)C1. The van der Waals surface area contributed by atoms with Gasteiger partial charge in [-0.15, -0.1) is 0 Å². The van der Waals surface area contributed by atoms with Crippen molar-refractivity contribution >= 4 is 0 Å². The van der Waals surface area contributed by atoms with E-state index in [0.717, 1.165) is 25.7 Å². The second kappa shape index (κ2) is 5.99. The van der Waals surface area contributed by atoms with Crippen LogP contribution in [-0.4, -0.2) is 49.8 Å². The molecule has 0 radical (unpaired) electrons. The van der Waals surface area contributed by atoms with E-state index in [1.165, 1.54) is 32.4 Å². The topological polar surface area (TPSA) is 24.5 Å². The second-order valence-corrected chi connectivity index (χ2v) is 5.56. The maximum absolute atomic E-state index is 5.38. The van der Waals surface area contributed by atoms with E-state index >= 15 is 0 Å². The Labute approximate surface area is 99.5 Å². The minimum atomic E-state index is 0.602. The third kappa shape index (κ3) is 3.44. The Morgan fingerprint density at radius 2 is 2.31 bits per heavy atom. The Balaban J connectivity index is 1.67. The fraction of sp³-hybridized carbons (Fsp3) is 1.00. The molecule has 2 heterocycles. The summed E-state index contributed by atoms with van der Waals surface area (Å²) in [5, 5.41) is 3.63. The Morgan fingerprint density at radius 1 is 1.44 bits per heavy atom. The number of piperidine rings is 1. The van der Waals surface area contributed by atoms with Crippen LogP contribution in [0.1, 0.15) is 33.1 Å². The molecular formula is C13H26N2O. The fourth-order valence-corrected chi connectivity index (χ4v) is 2.79. The zero-order valence-corrected chi connectivity index (χ0v) is 10.7. The van der Waals surface area contributed by atoms with Crippen molar-refractivity contribution in [1.82, 2.24) is 10.2 Å². The Bertz CT molecular complexity index is 204. The number of rotatable bonds is 4. The summed E-state index contributed by atoms with van der Waals surface area (Å²) in [5.74, 6) is 0.881. The lowest BCUT2D eigenvalue weighted by Gasteiger charge is -2.36. The van der Waals surface area contributed by atoms with Crippen LogP contribution in [0.25, 0.3) is 0 Å². The molecule has 0 aromatic carbocycles. The van der Waals surface area contributed by atoms with E-state index in [9.17, 15) is 0 Å². The maximum atomic E-state index is 5.38. The molecule has 2 aliphatic heterocycles. The lowest BCUT2D eigenvalue weighted by Crippen LogP contribution is -2.47. The molecule has 0 aromatic rings. The van der Waals surface area contributed by atoms with Gasteiger partial charge in [-0.1, -0.05) is 6.92 Å². The van der Waals surface area contributed by atoms with Crippen molar-refractivity contribution in [2.24, 2.45) is 5.92 Å². The molecule has 2 fully saturated rings. The van der Waals surface area contributed by atoms with Crippen molar-refractivity contribution in [3.05, 3.63) is 0 Å². The van der Waals surface area contributed by atoms with Crippen molar-refractivity contribution in [3.8, 4) is 0 Å². The average molecular weight is 226 g/mol. The molecule has 0 amide bonds. The molecule has 2 aliphatic rings. The molecule has 94 valence electrons. The summed E-state index contributed by atoms with van der Waals surface area (Å²) >= 11 is 0. The first-order valence-corrected chi connectivity index (χ1v) is 6.81. The standard InChI is InChI=1S/C13H26N2O/c1-11-4-3-6-15(9-11)12(2)8-14-13-5-7-16-10-13/h11-14H,3-10H2,1-2H3. The summed E-state index contributed by atoms with van der Waals surface area (Å²) in [6.07, 6.45) is 3.97. The highest BCUT2D eigenvalue weighted by Crippen LogP contribution is 2.17. The van der Waals surface area contributed by atoms with Crippen LogP contribution >= 0.6 is 0 Å². The van der Waals surface area contributed by atoms with Crippen LogP contribution in [0.5, 0.6) is 0 Å². The molecule has 0 aliphatic carbocycles. The zero-order valence-electron chi connectivity index (χ0n) is 10.7. The molecule has 0 bridgehead atoms.